The van der Waals surface area contributed by atoms with Crippen LogP contribution in [0.3, 0.4) is 0 Å². The standard InChI is InChI=1S/C12H7ClFN2O2/c13-11-9(14)3-8-10(18)6(5-17)4-16(7-1-2-7)12(8)15-11/h3-4,7H,1-2H2. The van der Waals surface area contributed by atoms with Crippen LogP contribution >= 0.6 is 11.6 Å². The number of halogens is 2. The number of pyridine rings is 2. The number of fused-ring (bicyclic) bond motifs is 1. The molecular formula is C12H7ClFN2O2. The van der Waals surface area contributed by atoms with E-state index in [2.05, 4.69) is 4.98 Å². The summed E-state index contributed by atoms with van der Waals surface area (Å²) >= 11 is 5.63. The van der Waals surface area contributed by atoms with E-state index in [0.717, 1.165) is 18.9 Å². The lowest BCUT2D eigenvalue weighted by Crippen LogP contribution is -2.15. The monoisotopic (exact) mass is 265 g/mol. The van der Waals surface area contributed by atoms with Crippen LogP contribution in [0.5, 0.6) is 0 Å². The van der Waals surface area contributed by atoms with Crippen LogP contribution in [0.4, 0.5) is 4.39 Å². The maximum absolute atomic E-state index is 13.4. The van der Waals surface area contributed by atoms with Gasteiger partial charge in [0.1, 0.15) is 5.65 Å². The van der Waals surface area contributed by atoms with E-state index in [-0.39, 0.29) is 22.1 Å². The molecule has 0 amide bonds. The average molecular weight is 266 g/mol. The first kappa shape index (κ1) is 11.3. The van der Waals surface area contributed by atoms with E-state index in [1.54, 1.807) is 10.9 Å². The predicted octanol–water partition coefficient (Wildman–Crippen LogP) is 1.98. The van der Waals surface area contributed by atoms with Crippen LogP contribution in [0.1, 0.15) is 24.4 Å². The lowest BCUT2D eigenvalue weighted by molar-refractivity contribution is 0.562. The highest BCUT2D eigenvalue weighted by Crippen LogP contribution is 2.36. The van der Waals surface area contributed by atoms with Crippen molar-refractivity contribution in [1.29, 1.82) is 0 Å². The fourth-order valence-corrected chi connectivity index (χ4v) is 2.06. The first-order chi connectivity index (χ1) is 8.61. The summed E-state index contributed by atoms with van der Waals surface area (Å²) in [6.07, 6.45) is 4.87. The zero-order valence-electron chi connectivity index (χ0n) is 9.11. The quantitative estimate of drug-likeness (QED) is 0.780. The van der Waals surface area contributed by atoms with E-state index in [0.29, 0.717) is 5.65 Å². The van der Waals surface area contributed by atoms with Crippen LogP contribution in [0.15, 0.2) is 17.1 Å². The molecule has 0 unspecified atom stereocenters. The summed E-state index contributed by atoms with van der Waals surface area (Å²) in [7, 11) is 0. The van der Waals surface area contributed by atoms with Gasteiger partial charge in [0.2, 0.25) is 11.7 Å². The molecule has 0 saturated heterocycles. The third-order valence-electron chi connectivity index (χ3n) is 2.97. The minimum atomic E-state index is -0.772. The lowest BCUT2D eigenvalue weighted by Gasteiger charge is -2.10. The summed E-state index contributed by atoms with van der Waals surface area (Å²) in [6, 6.07) is 1.21. The highest BCUT2D eigenvalue weighted by Gasteiger charge is 2.26. The van der Waals surface area contributed by atoms with E-state index in [4.69, 9.17) is 11.6 Å². The Kier molecular flexibility index (Phi) is 2.45. The van der Waals surface area contributed by atoms with Gasteiger partial charge in [0.05, 0.1) is 10.9 Å². The second-order valence-corrected chi connectivity index (χ2v) is 4.60. The SMILES string of the molecule is O=[C]c1cn(C2CC2)c2nc(Cl)c(F)cc2c1=O. The van der Waals surface area contributed by atoms with Gasteiger partial charge < -0.3 is 4.57 Å². The van der Waals surface area contributed by atoms with Gasteiger partial charge in [-0.15, -0.1) is 0 Å². The Morgan fingerprint density at radius 1 is 1.50 bits per heavy atom. The minimum Gasteiger partial charge on any atom is -0.328 e. The second kappa shape index (κ2) is 3.88. The molecule has 1 radical (unpaired) electrons. The summed E-state index contributed by atoms with van der Waals surface area (Å²) < 4.78 is 15.1. The number of nitrogens with zero attached hydrogens (tertiary/aromatic N) is 2. The van der Waals surface area contributed by atoms with Crippen LogP contribution in [-0.2, 0) is 4.79 Å². The molecule has 0 spiro atoms. The highest BCUT2D eigenvalue weighted by atomic mass is 35.5. The smallest absolute Gasteiger partial charge is 0.239 e. The Bertz CT molecular complexity index is 722. The average Bonchev–Trinajstić information content (AvgIpc) is 3.17. The van der Waals surface area contributed by atoms with Crippen molar-refractivity contribution < 1.29 is 9.18 Å². The molecule has 4 nitrogen and oxygen atoms in total. The maximum Gasteiger partial charge on any atom is 0.239 e. The molecule has 6 heteroatoms. The third kappa shape index (κ3) is 1.62. The van der Waals surface area contributed by atoms with Gasteiger partial charge in [-0.1, -0.05) is 11.6 Å². The molecule has 1 aliphatic carbocycles. The topological polar surface area (TPSA) is 52.0 Å². The van der Waals surface area contributed by atoms with Crippen molar-refractivity contribution in [2.24, 2.45) is 0 Å². The number of hydrogen-bond acceptors (Lipinski definition) is 3. The van der Waals surface area contributed by atoms with Crippen molar-refractivity contribution in [1.82, 2.24) is 9.55 Å². The summed E-state index contributed by atoms with van der Waals surface area (Å²) in [5.41, 5.74) is -0.370. The molecule has 18 heavy (non-hydrogen) atoms. The van der Waals surface area contributed by atoms with E-state index < -0.39 is 11.2 Å². The molecule has 2 heterocycles. The Hall–Kier alpha value is -1.75. The lowest BCUT2D eigenvalue weighted by atomic mass is 10.2. The van der Waals surface area contributed by atoms with Gasteiger partial charge in [0.15, 0.2) is 11.0 Å². The van der Waals surface area contributed by atoms with E-state index in [1.165, 1.54) is 6.20 Å². The predicted molar refractivity (Wildman–Crippen MR) is 64.0 cm³/mol. The fourth-order valence-electron chi connectivity index (χ4n) is 1.93. The molecule has 1 saturated carbocycles. The normalized spacial score (nSPS) is 15.0. The molecule has 3 rings (SSSR count). The molecule has 91 valence electrons. The second-order valence-electron chi connectivity index (χ2n) is 4.24. The summed E-state index contributed by atoms with van der Waals surface area (Å²) in [5.74, 6) is -0.772. The number of carbonyl (C=O) groups excluding carboxylic acids is 1. The molecule has 0 aromatic carbocycles. The summed E-state index contributed by atoms with van der Waals surface area (Å²) in [6.45, 7) is 0. The van der Waals surface area contributed by atoms with Crippen LogP contribution in [0, 0.1) is 5.82 Å². The zero-order valence-corrected chi connectivity index (χ0v) is 9.87. The first-order valence-electron chi connectivity index (χ1n) is 5.41. The Balaban J connectivity index is 2.46. The molecule has 1 aliphatic rings. The van der Waals surface area contributed by atoms with Crippen molar-refractivity contribution in [3.63, 3.8) is 0 Å². The molecule has 2 aromatic rings. The van der Waals surface area contributed by atoms with Crippen molar-refractivity contribution >= 4 is 28.9 Å². The molecule has 0 atom stereocenters. The zero-order chi connectivity index (χ0) is 12.9. The summed E-state index contributed by atoms with van der Waals surface area (Å²) in [4.78, 5) is 26.5. The van der Waals surface area contributed by atoms with Gasteiger partial charge in [-0.2, -0.15) is 0 Å². The number of rotatable bonds is 2. The van der Waals surface area contributed by atoms with Crippen molar-refractivity contribution in [2.45, 2.75) is 18.9 Å². The van der Waals surface area contributed by atoms with E-state index in [1.807, 2.05) is 0 Å². The van der Waals surface area contributed by atoms with Gasteiger partial charge in [0, 0.05) is 12.2 Å². The van der Waals surface area contributed by atoms with Crippen LogP contribution < -0.4 is 5.43 Å². The maximum atomic E-state index is 13.4. The molecule has 0 bridgehead atoms. The van der Waals surface area contributed by atoms with E-state index in [9.17, 15) is 14.0 Å². The van der Waals surface area contributed by atoms with Crippen molar-refractivity contribution in [3.05, 3.63) is 39.0 Å². The van der Waals surface area contributed by atoms with Gasteiger partial charge in [-0.3, -0.25) is 9.59 Å². The Morgan fingerprint density at radius 3 is 2.83 bits per heavy atom. The Labute approximate surface area is 106 Å². The van der Waals surface area contributed by atoms with Gasteiger partial charge in [-0.05, 0) is 18.9 Å². The fraction of sp³-hybridized carbons (Fsp3) is 0.250. The highest BCUT2D eigenvalue weighted by molar-refractivity contribution is 6.29. The van der Waals surface area contributed by atoms with Crippen molar-refractivity contribution in [3.8, 4) is 0 Å². The largest absolute Gasteiger partial charge is 0.328 e. The molecular weight excluding hydrogens is 259 g/mol. The molecule has 0 aliphatic heterocycles. The Morgan fingerprint density at radius 2 is 2.22 bits per heavy atom. The third-order valence-corrected chi connectivity index (χ3v) is 3.23. The molecule has 1 fully saturated rings. The van der Waals surface area contributed by atoms with Gasteiger partial charge >= 0.3 is 0 Å². The first-order valence-corrected chi connectivity index (χ1v) is 5.78. The molecule has 2 aromatic heterocycles. The van der Waals surface area contributed by atoms with Gasteiger partial charge in [-0.25, -0.2) is 9.37 Å². The number of aromatic nitrogens is 2. The number of hydrogen-bond donors (Lipinski definition) is 0. The van der Waals surface area contributed by atoms with Gasteiger partial charge in [0.25, 0.3) is 0 Å². The van der Waals surface area contributed by atoms with E-state index >= 15 is 0 Å². The van der Waals surface area contributed by atoms with Crippen LogP contribution in [0.25, 0.3) is 11.0 Å². The summed E-state index contributed by atoms with van der Waals surface area (Å²) in [5, 5.41) is -0.219. The molecule has 0 N–H and O–H groups in total. The van der Waals surface area contributed by atoms with Crippen LogP contribution in [-0.4, -0.2) is 15.8 Å². The van der Waals surface area contributed by atoms with Crippen LogP contribution in [0.2, 0.25) is 5.15 Å². The van der Waals surface area contributed by atoms with Crippen molar-refractivity contribution in [2.75, 3.05) is 0 Å². The minimum absolute atomic E-state index is 0.0599.